The van der Waals surface area contributed by atoms with Gasteiger partial charge in [-0.05, 0) is 82.2 Å². The van der Waals surface area contributed by atoms with E-state index < -0.39 is 0 Å². The van der Waals surface area contributed by atoms with Gasteiger partial charge in [-0.2, -0.15) is 5.10 Å². The first kappa shape index (κ1) is 25.9. The molecule has 9 heteroatoms. The van der Waals surface area contributed by atoms with Gasteiger partial charge in [0.1, 0.15) is 17.6 Å². The van der Waals surface area contributed by atoms with Crippen LogP contribution in [0.1, 0.15) is 51.0 Å². The van der Waals surface area contributed by atoms with Gasteiger partial charge in [0, 0.05) is 25.0 Å². The number of nitrogens with zero attached hydrogens (tertiary/aromatic N) is 4. The Kier molecular flexibility index (Phi) is 8.11. The van der Waals surface area contributed by atoms with Crippen LogP contribution in [0.2, 0.25) is 0 Å². The van der Waals surface area contributed by atoms with Crippen LogP contribution in [0.15, 0.2) is 52.2 Å². The van der Waals surface area contributed by atoms with E-state index in [-0.39, 0.29) is 29.9 Å². The van der Waals surface area contributed by atoms with Gasteiger partial charge < -0.3 is 14.5 Å². The van der Waals surface area contributed by atoms with Gasteiger partial charge in [0.05, 0.1) is 32.2 Å². The Morgan fingerprint density at radius 2 is 1.75 bits per heavy atom. The maximum atomic E-state index is 13.5. The highest BCUT2D eigenvalue weighted by Gasteiger charge is 2.35. The van der Waals surface area contributed by atoms with Crippen LogP contribution < -0.4 is 10.1 Å². The zero-order valence-corrected chi connectivity index (χ0v) is 21.7. The van der Waals surface area contributed by atoms with Crippen molar-refractivity contribution in [1.82, 2.24) is 20.1 Å². The Hall–Kier alpha value is -3.17. The third-order valence-corrected chi connectivity index (χ3v) is 6.38. The molecule has 2 amide bonds. The average Bonchev–Trinajstić information content (AvgIpc) is 3.46. The van der Waals surface area contributed by atoms with Gasteiger partial charge in [0.15, 0.2) is 0 Å². The van der Waals surface area contributed by atoms with Crippen LogP contribution in [-0.4, -0.2) is 84.3 Å². The second kappa shape index (κ2) is 11.3. The average molecular weight is 496 g/mol. The maximum Gasteiger partial charge on any atom is 0.257 e. The standard InChI is InChI=1S/C27H37N5O4/c1-27(2,3)28-25(33)18-30-12-6-13-31(15-14-30)19-26(34)32-23(24-7-5-16-36-24)17-22(29-32)20-8-10-21(35-4)11-9-20/h5,7-11,16,23H,6,12-15,17-19H2,1-4H3,(H,28,33). The van der Waals surface area contributed by atoms with Crippen LogP contribution in [-0.2, 0) is 9.59 Å². The fraction of sp³-hybridized carbons (Fsp3) is 0.519. The van der Waals surface area contributed by atoms with Crippen molar-refractivity contribution in [3.05, 3.63) is 54.0 Å². The first-order chi connectivity index (χ1) is 17.2. The maximum absolute atomic E-state index is 13.5. The molecule has 2 aromatic rings. The molecule has 0 bridgehead atoms. The van der Waals surface area contributed by atoms with Crippen LogP contribution in [0, 0.1) is 0 Å². The van der Waals surface area contributed by atoms with Crippen molar-refractivity contribution in [2.75, 3.05) is 46.4 Å². The van der Waals surface area contributed by atoms with Crippen molar-refractivity contribution in [3.8, 4) is 5.75 Å². The number of methoxy groups -OCH3 is 1. The first-order valence-corrected chi connectivity index (χ1v) is 12.5. The number of amides is 2. The molecule has 1 atom stereocenters. The van der Waals surface area contributed by atoms with E-state index in [9.17, 15) is 9.59 Å². The molecule has 1 aromatic heterocycles. The number of carbonyl (C=O) groups excluding carboxylic acids is 2. The monoisotopic (exact) mass is 495 g/mol. The number of rotatable bonds is 7. The summed E-state index contributed by atoms with van der Waals surface area (Å²) >= 11 is 0. The molecule has 0 spiro atoms. The molecule has 0 aliphatic carbocycles. The molecule has 194 valence electrons. The molecule has 1 fully saturated rings. The first-order valence-electron chi connectivity index (χ1n) is 12.5. The van der Waals surface area contributed by atoms with Gasteiger partial charge in [0.25, 0.3) is 5.91 Å². The number of hydrazone groups is 1. The highest BCUT2D eigenvalue weighted by Crippen LogP contribution is 2.33. The fourth-order valence-electron chi connectivity index (χ4n) is 4.67. The third kappa shape index (κ3) is 6.73. The summed E-state index contributed by atoms with van der Waals surface area (Å²) in [6.07, 6.45) is 3.11. The van der Waals surface area contributed by atoms with Crippen molar-refractivity contribution in [2.45, 2.75) is 45.2 Å². The van der Waals surface area contributed by atoms with Crippen molar-refractivity contribution >= 4 is 17.5 Å². The van der Waals surface area contributed by atoms with Crippen LogP contribution >= 0.6 is 0 Å². The van der Waals surface area contributed by atoms with Gasteiger partial charge in [-0.3, -0.25) is 19.4 Å². The summed E-state index contributed by atoms with van der Waals surface area (Å²) in [5.41, 5.74) is 1.56. The number of hydrogen-bond acceptors (Lipinski definition) is 7. The number of furan rings is 1. The molecular weight excluding hydrogens is 458 g/mol. The van der Waals surface area contributed by atoms with Gasteiger partial charge in [0.2, 0.25) is 5.91 Å². The lowest BCUT2D eigenvalue weighted by Crippen LogP contribution is -2.46. The van der Waals surface area contributed by atoms with Crippen LogP contribution in [0.4, 0.5) is 0 Å². The third-order valence-electron chi connectivity index (χ3n) is 6.38. The molecule has 1 saturated heterocycles. The Balaban J connectivity index is 1.40. The molecule has 1 N–H and O–H groups in total. The molecule has 3 heterocycles. The molecule has 2 aliphatic rings. The lowest BCUT2D eigenvalue weighted by Gasteiger charge is -2.26. The van der Waals surface area contributed by atoms with Crippen LogP contribution in [0.25, 0.3) is 0 Å². The van der Waals surface area contributed by atoms with E-state index in [0.29, 0.717) is 13.0 Å². The summed E-state index contributed by atoms with van der Waals surface area (Å²) < 4.78 is 10.9. The van der Waals surface area contributed by atoms with Gasteiger partial charge in [-0.1, -0.05) is 0 Å². The predicted molar refractivity (Wildman–Crippen MR) is 138 cm³/mol. The van der Waals surface area contributed by atoms with E-state index in [4.69, 9.17) is 14.3 Å². The van der Waals surface area contributed by atoms with E-state index in [1.165, 1.54) is 0 Å². The highest BCUT2D eigenvalue weighted by molar-refractivity contribution is 6.03. The van der Waals surface area contributed by atoms with E-state index in [1.54, 1.807) is 18.4 Å². The molecule has 1 aromatic carbocycles. The number of carbonyl (C=O) groups is 2. The van der Waals surface area contributed by atoms with Crippen LogP contribution in [0.3, 0.4) is 0 Å². The summed E-state index contributed by atoms with van der Waals surface area (Å²) in [5.74, 6) is 1.48. The number of benzene rings is 1. The summed E-state index contributed by atoms with van der Waals surface area (Å²) in [7, 11) is 1.64. The summed E-state index contributed by atoms with van der Waals surface area (Å²) in [4.78, 5) is 30.1. The quantitative estimate of drug-likeness (QED) is 0.635. The molecule has 0 saturated carbocycles. The number of hydrogen-bond donors (Lipinski definition) is 1. The summed E-state index contributed by atoms with van der Waals surface area (Å²) in [6, 6.07) is 11.2. The lowest BCUT2D eigenvalue weighted by atomic mass is 10.0. The molecule has 1 unspecified atom stereocenters. The second-order valence-electron chi connectivity index (χ2n) is 10.5. The smallest absolute Gasteiger partial charge is 0.257 e. The SMILES string of the molecule is COc1ccc(C2=NN(C(=O)CN3CCCN(CC(=O)NC(C)(C)C)CC3)C(c3ccco3)C2)cc1. The molecular formula is C27H37N5O4. The van der Waals surface area contributed by atoms with Gasteiger partial charge >= 0.3 is 0 Å². The number of nitrogens with one attached hydrogen (secondary N) is 1. The minimum absolute atomic E-state index is 0.0331. The topological polar surface area (TPSA) is 90.6 Å². The Morgan fingerprint density at radius 1 is 1.06 bits per heavy atom. The molecule has 36 heavy (non-hydrogen) atoms. The van der Waals surface area contributed by atoms with E-state index in [0.717, 1.165) is 55.4 Å². The van der Waals surface area contributed by atoms with E-state index in [2.05, 4.69) is 15.1 Å². The fourth-order valence-corrected chi connectivity index (χ4v) is 4.67. The Labute approximate surface area is 213 Å². The molecule has 9 nitrogen and oxygen atoms in total. The van der Waals surface area contributed by atoms with Crippen molar-refractivity contribution in [3.63, 3.8) is 0 Å². The molecule has 2 aliphatic heterocycles. The van der Waals surface area contributed by atoms with Crippen molar-refractivity contribution in [2.24, 2.45) is 5.10 Å². The lowest BCUT2D eigenvalue weighted by molar-refractivity contribution is -0.134. The molecule has 4 rings (SSSR count). The second-order valence-corrected chi connectivity index (χ2v) is 10.5. The van der Waals surface area contributed by atoms with E-state index >= 15 is 0 Å². The van der Waals surface area contributed by atoms with Crippen molar-refractivity contribution in [1.29, 1.82) is 0 Å². The summed E-state index contributed by atoms with van der Waals surface area (Å²) in [5, 5.41) is 9.34. The normalized spacial score (nSPS) is 19.6. The summed E-state index contributed by atoms with van der Waals surface area (Å²) in [6.45, 7) is 9.71. The molecule has 0 radical (unpaired) electrons. The largest absolute Gasteiger partial charge is 0.497 e. The number of ether oxygens (including phenoxy) is 1. The zero-order valence-electron chi connectivity index (χ0n) is 21.7. The van der Waals surface area contributed by atoms with Gasteiger partial charge in [-0.25, -0.2) is 5.01 Å². The zero-order chi connectivity index (χ0) is 25.7. The Bertz CT molecular complexity index is 1060. The van der Waals surface area contributed by atoms with Gasteiger partial charge in [-0.15, -0.1) is 0 Å². The Morgan fingerprint density at radius 3 is 2.36 bits per heavy atom. The highest BCUT2D eigenvalue weighted by atomic mass is 16.5. The predicted octanol–water partition coefficient (Wildman–Crippen LogP) is 2.89. The van der Waals surface area contributed by atoms with Crippen LogP contribution in [0.5, 0.6) is 5.75 Å². The minimum atomic E-state index is -0.269. The van der Waals surface area contributed by atoms with Crippen molar-refractivity contribution < 1.29 is 18.7 Å². The minimum Gasteiger partial charge on any atom is -0.497 e. The van der Waals surface area contributed by atoms with E-state index in [1.807, 2.05) is 57.2 Å².